The van der Waals surface area contributed by atoms with Crippen LogP contribution in [0.3, 0.4) is 0 Å². The molecule has 1 aliphatic heterocycles. The Morgan fingerprint density at radius 3 is 2.83 bits per heavy atom. The molecule has 0 unspecified atom stereocenters. The van der Waals surface area contributed by atoms with Crippen LogP contribution in [0.25, 0.3) is 0 Å². The zero-order valence-electron chi connectivity index (χ0n) is 12.3. The predicted octanol–water partition coefficient (Wildman–Crippen LogP) is 3.55. The van der Waals surface area contributed by atoms with E-state index in [1.807, 2.05) is 0 Å². The first-order valence-electron chi connectivity index (χ1n) is 7.27. The van der Waals surface area contributed by atoms with E-state index in [0.717, 1.165) is 36.3 Å². The molecular weight excluding hydrogens is 365 g/mol. The summed E-state index contributed by atoms with van der Waals surface area (Å²) in [7, 11) is 0. The van der Waals surface area contributed by atoms with Gasteiger partial charge in [-0.25, -0.2) is 9.82 Å². The maximum Gasteiger partial charge on any atom is 0.274 e. The van der Waals surface area contributed by atoms with Gasteiger partial charge in [-0.1, -0.05) is 12.1 Å². The van der Waals surface area contributed by atoms with Crippen molar-refractivity contribution >= 4 is 33.9 Å². The maximum atomic E-state index is 13.5. The van der Waals surface area contributed by atoms with Crippen LogP contribution in [0.5, 0.6) is 0 Å². The fraction of sp³-hybridized carbons (Fsp3) is 0.250. The normalized spacial score (nSPS) is 14.6. The average molecular weight is 380 g/mol. The summed E-state index contributed by atoms with van der Waals surface area (Å²) in [6.45, 7) is 1.93. The van der Waals surface area contributed by atoms with E-state index in [2.05, 4.69) is 31.4 Å². The number of hydrogen-bond acceptors (Lipinski definition) is 4. The molecule has 2 heterocycles. The molecule has 0 bridgehead atoms. The van der Waals surface area contributed by atoms with Gasteiger partial charge in [0.25, 0.3) is 5.91 Å². The van der Waals surface area contributed by atoms with Crippen LogP contribution in [0.15, 0.2) is 44.3 Å². The Balaban J connectivity index is 1.65. The van der Waals surface area contributed by atoms with Gasteiger partial charge in [-0.3, -0.25) is 4.79 Å². The zero-order chi connectivity index (χ0) is 16.2. The number of hydrazone groups is 1. The summed E-state index contributed by atoms with van der Waals surface area (Å²) in [5.41, 5.74) is 2.24. The lowest BCUT2D eigenvalue weighted by Crippen LogP contribution is -2.18. The van der Waals surface area contributed by atoms with Crippen molar-refractivity contribution in [1.82, 2.24) is 5.43 Å². The van der Waals surface area contributed by atoms with E-state index in [1.165, 1.54) is 24.4 Å². The highest BCUT2D eigenvalue weighted by Gasteiger charge is 2.19. The van der Waals surface area contributed by atoms with Crippen LogP contribution in [0.4, 0.5) is 10.3 Å². The first-order chi connectivity index (χ1) is 11.1. The molecule has 0 saturated carbocycles. The highest BCUT2D eigenvalue weighted by atomic mass is 79.9. The van der Waals surface area contributed by atoms with Crippen LogP contribution in [0.1, 0.15) is 29.0 Å². The number of carbonyl (C=O) groups is 1. The molecular formula is C16H15BrFN3O2. The Hall–Kier alpha value is -2.15. The quantitative estimate of drug-likeness (QED) is 0.652. The van der Waals surface area contributed by atoms with Gasteiger partial charge < -0.3 is 9.32 Å². The molecule has 1 aliphatic rings. The summed E-state index contributed by atoms with van der Waals surface area (Å²) in [5.74, 6) is 0.0824. The predicted molar refractivity (Wildman–Crippen MR) is 89.3 cm³/mol. The number of hydrogen-bond donors (Lipinski definition) is 1. The lowest BCUT2D eigenvalue weighted by atomic mass is 10.2. The second-order valence-electron chi connectivity index (χ2n) is 5.17. The van der Waals surface area contributed by atoms with Crippen molar-refractivity contribution in [3.05, 3.63) is 51.9 Å². The van der Waals surface area contributed by atoms with Gasteiger partial charge in [-0.05, 0) is 40.9 Å². The van der Waals surface area contributed by atoms with E-state index in [4.69, 9.17) is 4.42 Å². The third-order valence-electron chi connectivity index (χ3n) is 3.56. The Kier molecular flexibility index (Phi) is 4.76. The van der Waals surface area contributed by atoms with Gasteiger partial charge >= 0.3 is 0 Å². The third kappa shape index (κ3) is 3.61. The molecule has 0 radical (unpaired) electrons. The molecule has 3 rings (SSSR count). The van der Waals surface area contributed by atoms with Crippen molar-refractivity contribution in [3.8, 4) is 0 Å². The second kappa shape index (κ2) is 6.95. The monoisotopic (exact) mass is 379 g/mol. The lowest BCUT2D eigenvalue weighted by molar-refractivity contribution is 0.0951. The summed E-state index contributed by atoms with van der Waals surface area (Å²) in [6, 6.07) is 7.52. The molecule has 1 fully saturated rings. The molecule has 1 saturated heterocycles. The average Bonchev–Trinajstić information content (AvgIpc) is 3.17. The van der Waals surface area contributed by atoms with Gasteiger partial charge in [0.15, 0.2) is 5.76 Å². The fourth-order valence-electron chi connectivity index (χ4n) is 2.44. The number of furan rings is 1. The number of rotatable bonds is 4. The molecule has 120 valence electrons. The molecule has 1 aromatic carbocycles. The largest absolute Gasteiger partial charge is 0.438 e. The number of carbonyl (C=O) groups excluding carboxylic acids is 1. The molecule has 0 aliphatic carbocycles. The number of benzene rings is 1. The van der Waals surface area contributed by atoms with Crippen LogP contribution < -0.4 is 10.3 Å². The second-order valence-corrected chi connectivity index (χ2v) is 6.03. The van der Waals surface area contributed by atoms with Gasteiger partial charge in [0.05, 0.1) is 16.3 Å². The molecule has 1 N–H and O–H groups in total. The van der Waals surface area contributed by atoms with E-state index >= 15 is 0 Å². The first kappa shape index (κ1) is 15.7. The number of anilines is 1. The zero-order valence-corrected chi connectivity index (χ0v) is 13.8. The highest BCUT2D eigenvalue weighted by molar-refractivity contribution is 9.10. The van der Waals surface area contributed by atoms with E-state index in [1.54, 1.807) is 12.1 Å². The minimum Gasteiger partial charge on any atom is -0.438 e. The van der Waals surface area contributed by atoms with Crippen LogP contribution in [0, 0.1) is 5.82 Å². The van der Waals surface area contributed by atoms with E-state index < -0.39 is 11.7 Å². The Bertz CT molecular complexity index is 739. The highest BCUT2D eigenvalue weighted by Crippen LogP contribution is 2.31. The van der Waals surface area contributed by atoms with E-state index in [-0.39, 0.29) is 5.56 Å². The molecule has 1 amide bonds. The Morgan fingerprint density at radius 1 is 1.35 bits per heavy atom. The summed E-state index contributed by atoms with van der Waals surface area (Å²) in [4.78, 5) is 14.0. The summed E-state index contributed by atoms with van der Waals surface area (Å²) in [6.07, 6.45) is 3.69. The van der Waals surface area contributed by atoms with E-state index in [0.29, 0.717) is 5.76 Å². The van der Waals surface area contributed by atoms with E-state index in [9.17, 15) is 9.18 Å². The first-order valence-corrected chi connectivity index (χ1v) is 8.06. The van der Waals surface area contributed by atoms with Crippen molar-refractivity contribution in [2.45, 2.75) is 12.8 Å². The molecule has 0 atom stereocenters. The van der Waals surface area contributed by atoms with Crippen LogP contribution in [-0.2, 0) is 0 Å². The molecule has 7 heteroatoms. The van der Waals surface area contributed by atoms with Crippen molar-refractivity contribution in [1.29, 1.82) is 0 Å². The van der Waals surface area contributed by atoms with Gasteiger partial charge in [0.1, 0.15) is 5.82 Å². The van der Waals surface area contributed by atoms with Crippen molar-refractivity contribution in [2.24, 2.45) is 5.10 Å². The Morgan fingerprint density at radius 2 is 2.09 bits per heavy atom. The number of amides is 1. The van der Waals surface area contributed by atoms with Crippen LogP contribution in [0.2, 0.25) is 0 Å². The molecule has 5 nitrogen and oxygen atoms in total. The lowest BCUT2D eigenvalue weighted by Gasteiger charge is -2.13. The minimum absolute atomic E-state index is 0.0527. The number of halogens is 2. The molecule has 1 aromatic heterocycles. The summed E-state index contributed by atoms with van der Waals surface area (Å²) < 4.78 is 20.0. The smallest absolute Gasteiger partial charge is 0.274 e. The van der Waals surface area contributed by atoms with Crippen molar-refractivity contribution in [2.75, 3.05) is 18.0 Å². The standard InChI is InChI=1S/C16H15BrFN3O2/c17-13-9-11(23-16(13)21-7-3-4-8-21)10-19-20-15(22)12-5-1-2-6-14(12)18/h1-2,5-6,9-10H,3-4,7-8H2,(H,20,22)/b19-10-. The summed E-state index contributed by atoms with van der Waals surface area (Å²) in [5, 5.41) is 3.82. The van der Waals surface area contributed by atoms with Gasteiger partial charge in [-0.15, -0.1) is 0 Å². The Labute approximate surface area is 141 Å². The number of nitrogens with one attached hydrogen (secondary N) is 1. The van der Waals surface area contributed by atoms with Crippen LogP contribution >= 0.6 is 15.9 Å². The molecule has 23 heavy (non-hydrogen) atoms. The maximum absolute atomic E-state index is 13.5. The molecule has 0 spiro atoms. The SMILES string of the molecule is O=C(N/N=C\c1cc(Br)c(N2CCCC2)o1)c1ccccc1F. The van der Waals surface area contributed by atoms with Gasteiger partial charge in [0, 0.05) is 19.2 Å². The van der Waals surface area contributed by atoms with Crippen molar-refractivity contribution < 1.29 is 13.6 Å². The fourth-order valence-corrected chi connectivity index (χ4v) is 2.99. The minimum atomic E-state index is -0.607. The van der Waals surface area contributed by atoms with Crippen molar-refractivity contribution in [3.63, 3.8) is 0 Å². The van der Waals surface area contributed by atoms with Gasteiger partial charge in [-0.2, -0.15) is 5.10 Å². The number of nitrogens with zero attached hydrogens (tertiary/aromatic N) is 2. The topological polar surface area (TPSA) is 57.8 Å². The summed E-state index contributed by atoms with van der Waals surface area (Å²) >= 11 is 3.46. The third-order valence-corrected chi connectivity index (χ3v) is 4.13. The van der Waals surface area contributed by atoms with Crippen LogP contribution in [-0.4, -0.2) is 25.2 Å². The van der Waals surface area contributed by atoms with Gasteiger partial charge in [0.2, 0.25) is 5.88 Å². The molecule has 2 aromatic rings.